The second-order valence-electron chi connectivity index (χ2n) is 8.98. The molecule has 0 aliphatic rings. The number of carbonyl (C=O) groups excluding carboxylic acids is 2. The molecule has 1 N–H and O–H groups in total. The van der Waals surface area contributed by atoms with Gasteiger partial charge in [-0.2, -0.15) is 0 Å². The molecule has 0 spiro atoms. The maximum absolute atomic E-state index is 13.4. The second kappa shape index (κ2) is 14.0. The van der Waals surface area contributed by atoms with Gasteiger partial charge in [0.15, 0.2) is 0 Å². The van der Waals surface area contributed by atoms with Gasteiger partial charge in [-0.1, -0.05) is 31.2 Å². The van der Waals surface area contributed by atoms with E-state index in [1.54, 1.807) is 43.3 Å². The number of nitrogens with zero attached hydrogens (tertiary/aromatic N) is 2. The average Bonchev–Trinajstić information content (AvgIpc) is 2.85. The highest BCUT2D eigenvalue weighted by Crippen LogP contribution is 2.30. The molecule has 0 aliphatic heterocycles. The van der Waals surface area contributed by atoms with Crippen LogP contribution in [0.25, 0.3) is 0 Å². The number of amides is 2. The van der Waals surface area contributed by atoms with Crippen molar-refractivity contribution >= 4 is 27.5 Å². The summed E-state index contributed by atoms with van der Waals surface area (Å²) in [6, 6.07) is 11.8. The average molecular weight is 536 g/mol. The summed E-state index contributed by atoms with van der Waals surface area (Å²) >= 11 is 0. The van der Waals surface area contributed by atoms with E-state index in [4.69, 9.17) is 4.74 Å². The van der Waals surface area contributed by atoms with Gasteiger partial charge in [-0.05, 0) is 63.4 Å². The zero-order valence-electron chi connectivity index (χ0n) is 22.2. The first-order chi connectivity index (χ1) is 17.5. The Labute approximate surface area is 219 Å². The van der Waals surface area contributed by atoms with Gasteiger partial charge in [0.25, 0.3) is 0 Å². The summed E-state index contributed by atoms with van der Waals surface area (Å²) in [6.07, 6.45) is 2.10. The molecule has 0 bridgehead atoms. The summed E-state index contributed by atoms with van der Waals surface area (Å²) in [6.45, 7) is 7.87. The minimum atomic E-state index is -3.65. The molecule has 37 heavy (non-hydrogen) atoms. The Morgan fingerprint density at radius 1 is 1.05 bits per heavy atom. The highest BCUT2D eigenvalue weighted by molar-refractivity contribution is 7.92. The maximum Gasteiger partial charge on any atom is 0.242 e. The Balaban J connectivity index is 2.20. The van der Waals surface area contributed by atoms with Crippen molar-refractivity contribution in [3.8, 4) is 5.75 Å². The summed E-state index contributed by atoms with van der Waals surface area (Å²) in [5, 5.41) is 2.90. The summed E-state index contributed by atoms with van der Waals surface area (Å²) in [5.74, 6) is -0.539. The van der Waals surface area contributed by atoms with Crippen LogP contribution in [0.1, 0.15) is 52.5 Å². The second-order valence-corrected chi connectivity index (χ2v) is 10.9. The molecular weight excluding hydrogens is 497 g/mol. The number of carbonyl (C=O) groups is 2. The summed E-state index contributed by atoms with van der Waals surface area (Å²) in [7, 11) is -3.65. The number of rotatable bonds is 14. The van der Waals surface area contributed by atoms with E-state index in [0.717, 1.165) is 12.7 Å². The number of hydrogen-bond donors (Lipinski definition) is 1. The Bertz CT molecular complexity index is 1140. The van der Waals surface area contributed by atoms with Gasteiger partial charge in [-0.25, -0.2) is 12.8 Å². The Hall–Kier alpha value is -3.14. The molecule has 0 aromatic heterocycles. The normalized spacial score (nSPS) is 12.9. The summed E-state index contributed by atoms with van der Waals surface area (Å²) in [4.78, 5) is 27.6. The number of benzene rings is 2. The van der Waals surface area contributed by atoms with Crippen LogP contribution in [0.2, 0.25) is 0 Å². The lowest BCUT2D eigenvalue weighted by molar-refractivity contribution is -0.140. The van der Waals surface area contributed by atoms with Crippen LogP contribution in [0, 0.1) is 5.82 Å². The molecule has 0 unspecified atom stereocenters. The van der Waals surface area contributed by atoms with Crippen molar-refractivity contribution in [2.75, 3.05) is 23.7 Å². The lowest BCUT2D eigenvalue weighted by atomic mass is 10.1. The molecule has 2 aromatic rings. The zero-order chi connectivity index (χ0) is 27.6. The molecule has 0 aliphatic carbocycles. The Kier molecular flexibility index (Phi) is 11.4. The fourth-order valence-electron chi connectivity index (χ4n) is 3.76. The zero-order valence-corrected chi connectivity index (χ0v) is 23.1. The number of ether oxygens (including phenoxy) is 1. The third-order valence-corrected chi connectivity index (χ3v) is 7.20. The number of halogens is 1. The lowest BCUT2D eigenvalue weighted by Crippen LogP contribution is -2.49. The molecule has 0 fully saturated rings. The van der Waals surface area contributed by atoms with E-state index in [1.165, 1.54) is 21.3 Å². The van der Waals surface area contributed by atoms with Crippen LogP contribution in [0.4, 0.5) is 10.1 Å². The number of para-hydroxylation sites is 2. The minimum absolute atomic E-state index is 0.0188. The third kappa shape index (κ3) is 9.03. The van der Waals surface area contributed by atoms with Crippen molar-refractivity contribution in [1.29, 1.82) is 0 Å². The molecule has 0 radical (unpaired) electrons. The molecule has 10 heteroatoms. The molecule has 0 heterocycles. The lowest BCUT2D eigenvalue weighted by Gasteiger charge is -2.30. The van der Waals surface area contributed by atoms with E-state index >= 15 is 0 Å². The summed E-state index contributed by atoms with van der Waals surface area (Å²) < 4.78 is 45.4. The van der Waals surface area contributed by atoms with Gasteiger partial charge in [-0.3, -0.25) is 13.9 Å². The first-order valence-corrected chi connectivity index (χ1v) is 14.4. The first kappa shape index (κ1) is 30.1. The smallest absolute Gasteiger partial charge is 0.242 e. The number of hydrogen-bond acceptors (Lipinski definition) is 5. The van der Waals surface area contributed by atoms with Crippen molar-refractivity contribution in [1.82, 2.24) is 10.2 Å². The standard InChI is InChI=1S/C27H38FN3O5S/c1-6-20(3)29-27(33)21(4)30(19-22-14-16-23(28)17-15-22)26(32)13-10-18-31(37(5,34)35)24-11-8-9-12-25(24)36-7-2/h8-9,11-12,14-17,20-21H,6-7,10,13,18-19H2,1-5H3,(H,29,33)/t20-,21+/m1/s1. The number of anilines is 1. The predicted molar refractivity (Wildman–Crippen MR) is 143 cm³/mol. The molecule has 8 nitrogen and oxygen atoms in total. The van der Waals surface area contributed by atoms with E-state index in [9.17, 15) is 22.4 Å². The van der Waals surface area contributed by atoms with E-state index in [-0.39, 0.29) is 43.8 Å². The molecule has 0 saturated heterocycles. The quantitative estimate of drug-likeness (QED) is 0.393. The molecule has 2 atom stereocenters. The number of nitrogens with one attached hydrogen (secondary N) is 1. The van der Waals surface area contributed by atoms with Gasteiger partial charge < -0.3 is 15.0 Å². The monoisotopic (exact) mass is 535 g/mol. The predicted octanol–water partition coefficient (Wildman–Crippen LogP) is 4.10. The molecule has 2 amide bonds. The Morgan fingerprint density at radius 3 is 2.30 bits per heavy atom. The highest BCUT2D eigenvalue weighted by Gasteiger charge is 2.27. The van der Waals surface area contributed by atoms with Crippen molar-refractivity contribution < 1.29 is 27.1 Å². The van der Waals surface area contributed by atoms with E-state index in [1.807, 2.05) is 20.8 Å². The van der Waals surface area contributed by atoms with Crippen LogP contribution in [-0.4, -0.2) is 56.6 Å². The van der Waals surface area contributed by atoms with E-state index < -0.39 is 21.9 Å². The van der Waals surface area contributed by atoms with Crippen LogP contribution < -0.4 is 14.4 Å². The van der Waals surface area contributed by atoms with Gasteiger partial charge >= 0.3 is 0 Å². The van der Waals surface area contributed by atoms with Gasteiger partial charge in [0.05, 0.1) is 18.6 Å². The Morgan fingerprint density at radius 2 is 1.70 bits per heavy atom. The largest absolute Gasteiger partial charge is 0.492 e. The fraction of sp³-hybridized carbons (Fsp3) is 0.481. The maximum atomic E-state index is 13.4. The number of sulfonamides is 1. The first-order valence-electron chi connectivity index (χ1n) is 12.5. The molecule has 2 aromatic carbocycles. The molecular formula is C27H38FN3O5S. The van der Waals surface area contributed by atoms with Crippen molar-refractivity contribution in [2.24, 2.45) is 0 Å². The van der Waals surface area contributed by atoms with Crippen molar-refractivity contribution in [3.63, 3.8) is 0 Å². The van der Waals surface area contributed by atoms with Crippen LogP contribution in [0.5, 0.6) is 5.75 Å². The van der Waals surface area contributed by atoms with Gasteiger partial charge in [-0.15, -0.1) is 0 Å². The van der Waals surface area contributed by atoms with Crippen molar-refractivity contribution in [3.05, 3.63) is 59.9 Å². The SMILES string of the molecule is CCOc1ccccc1N(CCCC(=O)N(Cc1ccc(F)cc1)[C@@H](C)C(=O)N[C@H](C)CC)S(C)(=O)=O. The van der Waals surface area contributed by atoms with Crippen LogP contribution in [0.3, 0.4) is 0 Å². The van der Waals surface area contributed by atoms with Crippen LogP contribution >= 0.6 is 0 Å². The van der Waals surface area contributed by atoms with Crippen LogP contribution in [0.15, 0.2) is 48.5 Å². The van der Waals surface area contributed by atoms with Crippen molar-refractivity contribution in [2.45, 2.75) is 65.6 Å². The van der Waals surface area contributed by atoms with Gasteiger partial charge in [0.2, 0.25) is 21.8 Å². The molecule has 0 saturated carbocycles. The van der Waals surface area contributed by atoms with Gasteiger partial charge in [0.1, 0.15) is 17.6 Å². The van der Waals surface area contributed by atoms with E-state index in [0.29, 0.717) is 23.6 Å². The third-order valence-electron chi connectivity index (χ3n) is 6.02. The van der Waals surface area contributed by atoms with Gasteiger partial charge in [0, 0.05) is 25.6 Å². The highest BCUT2D eigenvalue weighted by atomic mass is 32.2. The fourth-order valence-corrected chi connectivity index (χ4v) is 4.73. The molecule has 2 rings (SSSR count). The molecule has 204 valence electrons. The topological polar surface area (TPSA) is 96.0 Å². The minimum Gasteiger partial charge on any atom is -0.492 e. The summed E-state index contributed by atoms with van der Waals surface area (Å²) in [5.41, 5.74) is 1.09. The van der Waals surface area contributed by atoms with E-state index in [2.05, 4.69) is 5.32 Å². The van der Waals surface area contributed by atoms with Crippen LogP contribution in [-0.2, 0) is 26.2 Å².